The maximum atomic E-state index is 10.4. The van der Waals surface area contributed by atoms with Crippen molar-refractivity contribution in [3.05, 3.63) is 21.4 Å². The molecule has 1 nitrogen and oxygen atoms in total. The third-order valence-corrected chi connectivity index (χ3v) is 2.77. The number of aryl methyl sites for hydroxylation is 2. The van der Waals surface area contributed by atoms with Gasteiger partial charge in [-0.2, -0.15) is 0 Å². The fraction of sp³-hybridized carbons (Fsp3) is 0.375. The standard InChI is InChI=1S/C8H10OS/c1-3-7-4-6(2)8(5-9)10-7/h4-5H,3H2,1-2H3. The van der Waals surface area contributed by atoms with Crippen LogP contribution in [0.4, 0.5) is 0 Å². The van der Waals surface area contributed by atoms with E-state index in [0.29, 0.717) is 0 Å². The smallest absolute Gasteiger partial charge is 0.160 e. The molecule has 0 unspecified atom stereocenters. The van der Waals surface area contributed by atoms with Crippen molar-refractivity contribution in [2.75, 3.05) is 0 Å². The highest BCUT2D eigenvalue weighted by molar-refractivity contribution is 7.13. The van der Waals surface area contributed by atoms with Crippen LogP contribution < -0.4 is 0 Å². The predicted molar refractivity (Wildman–Crippen MR) is 43.8 cm³/mol. The Hall–Kier alpha value is -0.630. The maximum Gasteiger partial charge on any atom is 0.160 e. The van der Waals surface area contributed by atoms with Gasteiger partial charge in [-0.05, 0) is 25.0 Å². The lowest BCUT2D eigenvalue weighted by molar-refractivity contribution is 0.112. The summed E-state index contributed by atoms with van der Waals surface area (Å²) < 4.78 is 0. The Morgan fingerprint density at radius 2 is 2.40 bits per heavy atom. The molecule has 1 aromatic heterocycles. The summed E-state index contributed by atoms with van der Waals surface area (Å²) in [6.45, 7) is 4.07. The summed E-state index contributed by atoms with van der Waals surface area (Å²) in [5.74, 6) is 0. The molecular weight excluding hydrogens is 144 g/mol. The van der Waals surface area contributed by atoms with Crippen molar-refractivity contribution >= 4 is 17.6 Å². The Bertz CT molecular complexity index is 237. The van der Waals surface area contributed by atoms with Gasteiger partial charge < -0.3 is 0 Å². The van der Waals surface area contributed by atoms with E-state index in [1.807, 2.05) is 6.92 Å². The molecule has 0 N–H and O–H groups in total. The molecule has 0 aromatic carbocycles. The van der Waals surface area contributed by atoms with Crippen molar-refractivity contribution in [1.29, 1.82) is 0 Å². The van der Waals surface area contributed by atoms with Gasteiger partial charge in [-0.15, -0.1) is 11.3 Å². The van der Waals surface area contributed by atoms with Crippen LogP contribution in [0.2, 0.25) is 0 Å². The zero-order chi connectivity index (χ0) is 7.56. The fourth-order valence-electron chi connectivity index (χ4n) is 0.855. The molecule has 0 saturated carbocycles. The number of rotatable bonds is 2. The summed E-state index contributed by atoms with van der Waals surface area (Å²) in [4.78, 5) is 12.5. The molecule has 0 amide bonds. The molecule has 0 spiro atoms. The lowest BCUT2D eigenvalue weighted by Crippen LogP contribution is -1.72. The highest BCUT2D eigenvalue weighted by atomic mass is 32.1. The van der Waals surface area contributed by atoms with Gasteiger partial charge >= 0.3 is 0 Å². The topological polar surface area (TPSA) is 17.1 Å². The van der Waals surface area contributed by atoms with Crippen LogP contribution in [0.15, 0.2) is 6.07 Å². The second-order valence-electron chi connectivity index (χ2n) is 2.23. The third kappa shape index (κ3) is 1.27. The molecule has 1 aromatic rings. The van der Waals surface area contributed by atoms with E-state index in [4.69, 9.17) is 0 Å². The molecule has 0 radical (unpaired) electrons. The molecule has 0 bridgehead atoms. The second kappa shape index (κ2) is 2.97. The molecule has 0 aliphatic heterocycles. The highest BCUT2D eigenvalue weighted by Crippen LogP contribution is 2.19. The van der Waals surface area contributed by atoms with Crippen LogP contribution >= 0.6 is 11.3 Å². The highest BCUT2D eigenvalue weighted by Gasteiger charge is 2.01. The molecule has 0 atom stereocenters. The first kappa shape index (κ1) is 7.48. The van der Waals surface area contributed by atoms with E-state index in [2.05, 4.69) is 13.0 Å². The Morgan fingerprint density at radius 3 is 2.70 bits per heavy atom. The Balaban J connectivity index is 3.03. The van der Waals surface area contributed by atoms with Gasteiger partial charge in [-0.25, -0.2) is 0 Å². The minimum atomic E-state index is 0.872. The minimum absolute atomic E-state index is 0.872. The lowest BCUT2D eigenvalue weighted by Gasteiger charge is -1.80. The Labute approximate surface area is 64.7 Å². The maximum absolute atomic E-state index is 10.4. The van der Waals surface area contributed by atoms with E-state index < -0.39 is 0 Å². The van der Waals surface area contributed by atoms with Gasteiger partial charge in [0, 0.05) is 4.88 Å². The van der Waals surface area contributed by atoms with Crippen LogP contribution in [0.3, 0.4) is 0 Å². The summed E-state index contributed by atoms with van der Waals surface area (Å²) in [5, 5.41) is 0. The number of aldehydes is 1. The average Bonchev–Trinajstić information content (AvgIpc) is 2.30. The van der Waals surface area contributed by atoms with Crippen molar-refractivity contribution in [2.45, 2.75) is 20.3 Å². The van der Waals surface area contributed by atoms with Gasteiger partial charge in [-0.3, -0.25) is 4.79 Å². The Kier molecular flexibility index (Phi) is 2.22. The molecule has 0 fully saturated rings. The first-order valence-electron chi connectivity index (χ1n) is 3.32. The SMILES string of the molecule is CCc1cc(C)c(C=O)s1. The summed E-state index contributed by atoms with van der Waals surface area (Å²) in [6.07, 6.45) is 1.96. The molecule has 0 aliphatic carbocycles. The first-order chi connectivity index (χ1) is 4.77. The summed E-state index contributed by atoms with van der Waals surface area (Å²) in [5.41, 5.74) is 1.11. The van der Waals surface area contributed by atoms with Crippen LogP contribution in [-0.4, -0.2) is 6.29 Å². The van der Waals surface area contributed by atoms with Gasteiger partial charge in [-0.1, -0.05) is 6.92 Å². The predicted octanol–water partition coefficient (Wildman–Crippen LogP) is 2.43. The summed E-state index contributed by atoms with van der Waals surface area (Å²) >= 11 is 1.59. The molecule has 2 heteroatoms. The molecule has 54 valence electrons. The monoisotopic (exact) mass is 154 g/mol. The van der Waals surface area contributed by atoms with Gasteiger partial charge in [0.15, 0.2) is 6.29 Å². The van der Waals surface area contributed by atoms with Gasteiger partial charge in [0.05, 0.1) is 4.88 Å². The van der Waals surface area contributed by atoms with E-state index in [0.717, 1.165) is 23.1 Å². The first-order valence-corrected chi connectivity index (χ1v) is 4.14. The van der Waals surface area contributed by atoms with Crippen molar-refractivity contribution in [2.24, 2.45) is 0 Å². The van der Waals surface area contributed by atoms with E-state index in [1.165, 1.54) is 4.88 Å². The minimum Gasteiger partial charge on any atom is -0.297 e. The number of hydrogen-bond acceptors (Lipinski definition) is 2. The van der Waals surface area contributed by atoms with Crippen molar-refractivity contribution < 1.29 is 4.79 Å². The van der Waals surface area contributed by atoms with Crippen molar-refractivity contribution in [3.8, 4) is 0 Å². The molecule has 0 aliphatic rings. The Morgan fingerprint density at radius 1 is 1.70 bits per heavy atom. The van der Waals surface area contributed by atoms with Crippen LogP contribution in [0, 0.1) is 6.92 Å². The summed E-state index contributed by atoms with van der Waals surface area (Å²) in [6, 6.07) is 2.08. The lowest BCUT2D eigenvalue weighted by atomic mass is 10.2. The van der Waals surface area contributed by atoms with Gasteiger partial charge in [0.1, 0.15) is 0 Å². The zero-order valence-electron chi connectivity index (χ0n) is 6.18. The molecule has 1 heterocycles. The summed E-state index contributed by atoms with van der Waals surface area (Å²) in [7, 11) is 0. The number of carbonyl (C=O) groups excluding carboxylic acids is 1. The van der Waals surface area contributed by atoms with Gasteiger partial charge in [0.25, 0.3) is 0 Å². The molecular formula is C8H10OS. The second-order valence-corrected chi connectivity index (χ2v) is 3.40. The molecule has 10 heavy (non-hydrogen) atoms. The average molecular weight is 154 g/mol. The van der Waals surface area contributed by atoms with E-state index in [-0.39, 0.29) is 0 Å². The van der Waals surface area contributed by atoms with E-state index in [1.54, 1.807) is 11.3 Å². The van der Waals surface area contributed by atoms with E-state index in [9.17, 15) is 4.79 Å². The van der Waals surface area contributed by atoms with Crippen LogP contribution in [-0.2, 0) is 6.42 Å². The normalized spacial score (nSPS) is 9.80. The van der Waals surface area contributed by atoms with Gasteiger partial charge in [0.2, 0.25) is 0 Å². The van der Waals surface area contributed by atoms with Crippen molar-refractivity contribution in [1.82, 2.24) is 0 Å². The number of carbonyl (C=O) groups is 1. The van der Waals surface area contributed by atoms with E-state index >= 15 is 0 Å². The fourth-order valence-corrected chi connectivity index (χ4v) is 1.79. The largest absolute Gasteiger partial charge is 0.297 e. The zero-order valence-corrected chi connectivity index (χ0v) is 6.99. The molecule has 0 saturated heterocycles. The van der Waals surface area contributed by atoms with Crippen LogP contribution in [0.25, 0.3) is 0 Å². The van der Waals surface area contributed by atoms with Crippen LogP contribution in [0.1, 0.15) is 27.0 Å². The van der Waals surface area contributed by atoms with Crippen LogP contribution in [0.5, 0.6) is 0 Å². The quantitative estimate of drug-likeness (QED) is 0.598. The van der Waals surface area contributed by atoms with Crippen molar-refractivity contribution in [3.63, 3.8) is 0 Å². The number of hydrogen-bond donors (Lipinski definition) is 0. The third-order valence-electron chi connectivity index (χ3n) is 1.46. The molecule has 1 rings (SSSR count). The number of thiophene rings is 1.